The van der Waals surface area contributed by atoms with Crippen LogP contribution in [-0.4, -0.2) is 34.8 Å². The van der Waals surface area contributed by atoms with Crippen LogP contribution in [0.4, 0.5) is 0 Å². The summed E-state index contributed by atoms with van der Waals surface area (Å²) in [7, 11) is 1.60. The Labute approximate surface area is 153 Å². The molecule has 25 heavy (non-hydrogen) atoms. The Hall–Kier alpha value is -1.96. The van der Waals surface area contributed by atoms with Gasteiger partial charge in [0, 0.05) is 7.11 Å². The zero-order valence-electron chi connectivity index (χ0n) is 14.0. The second-order valence-corrected chi connectivity index (χ2v) is 7.47. The number of ether oxygens (including phenoxy) is 1. The molecule has 0 saturated heterocycles. The summed E-state index contributed by atoms with van der Waals surface area (Å²) in [6, 6.07) is 10.7. The van der Waals surface area contributed by atoms with Crippen LogP contribution in [-0.2, 0) is 4.74 Å². The molecule has 0 unspecified atom stereocenters. The van der Waals surface area contributed by atoms with Crippen molar-refractivity contribution in [2.45, 2.75) is 18.1 Å². The fourth-order valence-corrected chi connectivity index (χ4v) is 4.31. The summed E-state index contributed by atoms with van der Waals surface area (Å²) in [6.45, 7) is 2.30. The Balaban J connectivity index is 1.98. The van der Waals surface area contributed by atoms with Crippen molar-refractivity contribution in [2.24, 2.45) is 0 Å². The van der Waals surface area contributed by atoms with E-state index in [2.05, 4.69) is 4.98 Å². The first-order valence-corrected chi connectivity index (χ1v) is 9.68. The van der Waals surface area contributed by atoms with E-state index in [4.69, 9.17) is 4.74 Å². The molecule has 0 fully saturated rings. The number of thiophene rings is 1. The van der Waals surface area contributed by atoms with Gasteiger partial charge in [-0.15, -0.1) is 11.3 Å². The van der Waals surface area contributed by atoms with Gasteiger partial charge in [0.15, 0.2) is 10.9 Å². The number of methoxy groups -OCH3 is 1. The third-order valence-corrected chi connectivity index (χ3v) is 5.62. The quantitative estimate of drug-likeness (QED) is 0.359. The van der Waals surface area contributed by atoms with Gasteiger partial charge in [0.05, 0.1) is 34.2 Å². The van der Waals surface area contributed by atoms with E-state index in [1.807, 2.05) is 42.6 Å². The number of Topliss-reactive ketones (excluding diaryl/α,β-unsaturated/α-hetero) is 1. The predicted octanol–water partition coefficient (Wildman–Crippen LogP) is 3.64. The highest BCUT2D eigenvalue weighted by molar-refractivity contribution is 7.99. The number of carbonyl (C=O) groups is 1. The number of rotatable bonds is 7. The molecule has 2 aromatic heterocycles. The van der Waals surface area contributed by atoms with Gasteiger partial charge in [0.2, 0.25) is 0 Å². The molecule has 2 heterocycles. The summed E-state index contributed by atoms with van der Waals surface area (Å²) < 4.78 is 6.83. The molecule has 0 radical (unpaired) electrons. The normalized spacial score (nSPS) is 12.4. The third-order valence-electron chi connectivity index (χ3n) is 3.75. The first-order valence-electron chi connectivity index (χ1n) is 7.81. The molecule has 0 aliphatic carbocycles. The van der Waals surface area contributed by atoms with Crippen LogP contribution in [0, 0.1) is 0 Å². The van der Waals surface area contributed by atoms with Crippen molar-refractivity contribution < 1.29 is 9.53 Å². The molecule has 1 aromatic carbocycles. The van der Waals surface area contributed by atoms with Crippen LogP contribution in [0.25, 0.3) is 10.9 Å². The maximum atomic E-state index is 12.9. The van der Waals surface area contributed by atoms with Gasteiger partial charge >= 0.3 is 0 Å². The number of para-hydroxylation sites is 1. The van der Waals surface area contributed by atoms with Crippen molar-refractivity contribution in [2.75, 3.05) is 19.5 Å². The van der Waals surface area contributed by atoms with Crippen LogP contribution in [0.1, 0.15) is 22.6 Å². The maximum absolute atomic E-state index is 12.9. The molecule has 0 aliphatic heterocycles. The van der Waals surface area contributed by atoms with E-state index in [0.717, 1.165) is 0 Å². The van der Waals surface area contributed by atoms with Crippen LogP contribution in [0.3, 0.4) is 0 Å². The van der Waals surface area contributed by atoms with Gasteiger partial charge in [0.1, 0.15) is 0 Å². The number of benzene rings is 1. The molecule has 3 aromatic rings. The Morgan fingerprint density at radius 2 is 2.12 bits per heavy atom. The Morgan fingerprint density at radius 3 is 2.84 bits per heavy atom. The number of fused-ring (bicyclic) bond motifs is 1. The Bertz CT molecular complexity index is 935. The number of carbonyl (C=O) groups excluding carboxylic acids is 1. The van der Waals surface area contributed by atoms with Crippen molar-refractivity contribution in [3.05, 3.63) is 57.0 Å². The highest BCUT2D eigenvalue weighted by Gasteiger charge is 2.18. The lowest BCUT2D eigenvalue weighted by Crippen LogP contribution is -2.28. The molecule has 7 heteroatoms. The summed E-state index contributed by atoms with van der Waals surface area (Å²) in [5.74, 6) is 0.277. The molecule has 130 valence electrons. The number of ketones is 1. The van der Waals surface area contributed by atoms with E-state index in [-0.39, 0.29) is 23.1 Å². The van der Waals surface area contributed by atoms with Crippen molar-refractivity contribution >= 4 is 39.8 Å². The summed E-state index contributed by atoms with van der Waals surface area (Å²) in [4.78, 5) is 30.5. The van der Waals surface area contributed by atoms with E-state index < -0.39 is 0 Å². The van der Waals surface area contributed by atoms with Gasteiger partial charge in [0.25, 0.3) is 5.56 Å². The average molecular weight is 374 g/mol. The van der Waals surface area contributed by atoms with Gasteiger partial charge in [-0.05, 0) is 30.5 Å². The lowest BCUT2D eigenvalue weighted by atomic mass is 10.2. The van der Waals surface area contributed by atoms with Crippen molar-refractivity contribution in [3.8, 4) is 0 Å². The molecule has 0 bridgehead atoms. The number of thioether (sulfide) groups is 1. The molecular formula is C18H18N2O3S2. The summed E-state index contributed by atoms with van der Waals surface area (Å²) in [6.07, 6.45) is 0. The van der Waals surface area contributed by atoms with Crippen LogP contribution < -0.4 is 5.56 Å². The highest BCUT2D eigenvalue weighted by Crippen LogP contribution is 2.23. The minimum absolute atomic E-state index is 0.0355. The lowest BCUT2D eigenvalue weighted by Gasteiger charge is -2.18. The SMILES string of the molecule is COC[C@H](C)n1c(SCC(=O)c2cccs2)nc2ccccc2c1=O. The monoisotopic (exact) mass is 374 g/mol. The van der Waals surface area contributed by atoms with E-state index in [0.29, 0.717) is 27.5 Å². The summed E-state index contributed by atoms with van der Waals surface area (Å²) >= 11 is 2.71. The Morgan fingerprint density at radius 1 is 1.32 bits per heavy atom. The molecule has 0 aliphatic rings. The first-order chi connectivity index (χ1) is 12.1. The second kappa shape index (κ2) is 7.95. The van der Waals surface area contributed by atoms with Crippen LogP contribution in [0.2, 0.25) is 0 Å². The number of hydrogen-bond acceptors (Lipinski definition) is 6. The molecule has 0 N–H and O–H groups in total. The summed E-state index contributed by atoms with van der Waals surface area (Å²) in [5.41, 5.74) is 0.528. The molecular weight excluding hydrogens is 356 g/mol. The van der Waals surface area contributed by atoms with Crippen molar-refractivity contribution in [3.63, 3.8) is 0 Å². The van der Waals surface area contributed by atoms with E-state index in [1.165, 1.54) is 23.1 Å². The fraction of sp³-hybridized carbons (Fsp3) is 0.278. The van der Waals surface area contributed by atoms with Gasteiger partial charge in [-0.25, -0.2) is 4.98 Å². The Kier molecular flexibility index (Phi) is 5.67. The standard InChI is InChI=1S/C18H18N2O3S2/c1-12(10-23-2)20-17(22)13-6-3-4-7-14(13)19-18(20)25-11-15(21)16-8-5-9-24-16/h3-9,12H,10-11H2,1-2H3/t12-/m0/s1. The molecule has 3 rings (SSSR count). The highest BCUT2D eigenvalue weighted by atomic mass is 32.2. The fourth-order valence-electron chi connectivity index (χ4n) is 2.57. The maximum Gasteiger partial charge on any atom is 0.262 e. The van der Waals surface area contributed by atoms with Crippen molar-refractivity contribution in [1.82, 2.24) is 9.55 Å². The van der Waals surface area contributed by atoms with Gasteiger partial charge in [-0.1, -0.05) is 30.0 Å². The van der Waals surface area contributed by atoms with Gasteiger partial charge in [-0.3, -0.25) is 14.2 Å². The van der Waals surface area contributed by atoms with Crippen molar-refractivity contribution in [1.29, 1.82) is 0 Å². The number of hydrogen-bond donors (Lipinski definition) is 0. The zero-order chi connectivity index (χ0) is 17.8. The lowest BCUT2D eigenvalue weighted by molar-refractivity contribution is 0.102. The van der Waals surface area contributed by atoms with Crippen LogP contribution >= 0.6 is 23.1 Å². The van der Waals surface area contributed by atoms with E-state index >= 15 is 0 Å². The predicted molar refractivity (Wildman–Crippen MR) is 102 cm³/mol. The topological polar surface area (TPSA) is 61.2 Å². The largest absolute Gasteiger partial charge is 0.383 e. The van der Waals surface area contributed by atoms with Gasteiger partial charge < -0.3 is 4.74 Å². The van der Waals surface area contributed by atoms with E-state index in [9.17, 15) is 9.59 Å². The molecule has 5 nitrogen and oxygen atoms in total. The smallest absolute Gasteiger partial charge is 0.262 e. The third kappa shape index (κ3) is 3.84. The second-order valence-electron chi connectivity index (χ2n) is 5.58. The molecule has 0 saturated carbocycles. The number of aromatic nitrogens is 2. The summed E-state index contributed by atoms with van der Waals surface area (Å²) in [5, 5.41) is 2.99. The van der Waals surface area contributed by atoms with Crippen LogP contribution in [0.5, 0.6) is 0 Å². The first kappa shape index (κ1) is 17.8. The van der Waals surface area contributed by atoms with E-state index in [1.54, 1.807) is 17.7 Å². The number of nitrogens with zero attached hydrogens (tertiary/aromatic N) is 2. The molecule has 0 spiro atoms. The van der Waals surface area contributed by atoms with Crippen LogP contribution in [0.15, 0.2) is 51.7 Å². The minimum atomic E-state index is -0.172. The molecule has 0 amide bonds. The van der Waals surface area contributed by atoms with Gasteiger partial charge in [-0.2, -0.15) is 0 Å². The average Bonchev–Trinajstić information content (AvgIpc) is 3.14. The molecule has 1 atom stereocenters. The zero-order valence-corrected chi connectivity index (χ0v) is 15.6. The minimum Gasteiger partial charge on any atom is -0.383 e.